The summed E-state index contributed by atoms with van der Waals surface area (Å²) in [6.07, 6.45) is 1.74. The Hall–Kier alpha value is -4.23. The Balaban J connectivity index is 1.33. The van der Waals surface area contributed by atoms with Gasteiger partial charge in [-0.3, -0.25) is 0 Å². The lowest BCUT2D eigenvalue weighted by atomic mass is 10.1. The van der Waals surface area contributed by atoms with Gasteiger partial charge in [0.15, 0.2) is 5.71 Å². The minimum absolute atomic E-state index is 0.0420. The second-order valence-corrected chi connectivity index (χ2v) is 9.66. The Kier molecular flexibility index (Phi) is 8.71. The lowest BCUT2D eigenvalue weighted by Gasteiger charge is -2.12. The zero-order valence-corrected chi connectivity index (χ0v) is 22.5. The van der Waals surface area contributed by atoms with E-state index in [-0.39, 0.29) is 24.6 Å². The SMILES string of the molecule is CC#C/C(=N\OC[C@@H]1C[C@H](O)CN1)c1ccc2ncnc(Nc3ccc(OCc4cccc(F)c4)c(Cl)c3)c2c1. The number of ether oxygens (including phenoxy) is 1. The van der Waals surface area contributed by atoms with Crippen molar-refractivity contribution in [2.75, 3.05) is 18.5 Å². The zero-order valence-electron chi connectivity index (χ0n) is 21.7. The number of aromatic nitrogens is 2. The topological polar surface area (TPSA) is 101 Å². The molecule has 1 aliphatic heterocycles. The van der Waals surface area contributed by atoms with Crippen LogP contribution in [0.15, 0.2) is 72.1 Å². The summed E-state index contributed by atoms with van der Waals surface area (Å²) >= 11 is 6.48. The number of rotatable bonds is 9. The first-order valence-electron chi connectivity index (χ1n) is 12.7. The van der Waals surface area contributed by atoms with E-state index in [1.54, 1.807) is 31.2 Å². The van der Waals surface area contributed by atoms with Gasteiger partial charge in [0.05, 0.1) is 16.6 Å². The summed E-state index contributed by atoms with van der Waals surface area (Å²) in [6, 6.07) is 17.2. The van der Waals surface area contributed by atoms with Gasteiger partial charge in [-0.2, -0.15) is 0 Å². The lowest BCUT2D eigenvalue weighted by Crippen LogP contribution is -2.26. The van der Waals surface area contributed by atoms with Crippen LogP contribution in [0.4, 0.5) is 15.9 Å². The minimum Gasteiger partial charge on any atom is -0.487 e. The van der Waals surface area contributed by atoms with Crippen LogP contribution in [-0.2, 0) is 11.4 Å². The summed E-state index contributed by atoms with van der Waals surface area (Å²) in [5.41, 5.74) is 3.36. The van der Waals surface area contributed by atoms with E-state index >= 15 is 0 Å². The van der Waals surface area contributed by atoms with Gasteiger partial charge in [-0.25, -0.2) is 14.4 Å². The fraction of sp³-hybridized carbons (Fsp3) is 0.233. The number of aliphatic hydroxyl groups excluding tert-OH is 1. The van der Waals surface area contributed by atoms with Crippen LogP contribution >= 0.6 is 11.6 Å². The third-order valence-corrected chi connectivity index (χ3v) is 6.56. The van der Waals surface area contributed by atoms with E-state index in [0.717, 1.165) is 16.5 Å². The summed E-state index contributed by atoms with van der Waals surface area (Å²) in [5, 5.41) is 21.6. The molecule has 3 aromatic carbocycles. The molecule has 40 heavy (non-hydrogen) atoms. The molecule has 0 saturated carbocycles. The number of anilines is 2. The maximum Gasteiger partial charge on any atom is 0.159 e. The van der Waals surface area contributed by atoms with E-state index in [1.807, 2.05) is 24.3 Å². The van der Waals surface area contributed by atoms with Gasteiger partial charge >= 0.3 is 0 Å². The number of oxime groups is 1. The number of hydrogen-bond acceptors (Lipinski definition) is 8. The first kappa shape index (κ1) is 27.3. The third kappa shape index (κ3) is 6.85. The molecule has 1 fully saturated rings. The van der Waals surface area contributed by atoms with Gasteiger partial charge in [0, 0.05) is 29.2 Å². The van der Waals surface area contributed by atoms with E-state index in [1.165, 1.54) is 18.5 Å². The Morgan fingerprint density at radius 3 is 2.88 bits per heavy atom. The van der Waals surface area contributed by atoms with Crippen LogP contribution in [0.5, 0.6) is 5.75 Å². The van der Waals surface area contributed by atoms with E-state index in [2.05, 4.69) is 37.6 Å². The van der Waals surface area contributed by atoms with E-state index < -0.39 is 0 Å². The maximum absolute atomic E-state index is 13.4. The molecule has 4 aromatic rings. The van der Waals surface area contributed by atoms with Crippen LogP contribution < -0.4 is 15.4 Å². The summed E-state index contributed by atoms with van der Waals surface area (Å²) in [7, 11) is 0. The van der Waals surface area contributed by atoms with Crippen molar-refractivity contribution in [3.8, 4) is 17.6 Å². The number of β-amino-alcohol motifs (C(OH)–C–C–N with tert-alkyl or cyclic N) is 1. The normalized spacial score (nSPS) is 16.9. The highest BCUT2D eigenvalue weighted by atomic mass is 35.5. The van der Waals surface area contributed by atoms with Gasteiger partial charge in [0.2, 0.25) is 0 Å². The summed E-state index contributed by atoms with van der Waals surface area (Å²) < 4.78 is 19.2. The fourth-order valence-corrected chi connectivity index (χ4v) is 4.54. The second-order valence-electron chi connectivity index (χ2n) is 9.25. The predicted octanol–water partition coefficient (Wildman–Crippen LogP) is 5.21. The molecule has 0 aliphatic carbocycles. The Morgan fingerprint density at radius 2 is 2.10 bits per heavy atom. The molecule has 204 valence electrons. The molecule has 8 nitrogen and oxygen atoms in total. The number of nitrogens with one attached hydrogen (secondary N) is 2. The van der Waals surface area contributed by atoms with Gasteiger partial charge in [-0.1, -0.05) is 34.8 Å². The molecule has 5 rings (SSSR count). The first-order chi connectivity index (χ1) is 19.5. The minimum atomic E-state index is -0.363. The van der Waals surface area contributed by atoms with Gasteiger partial charge in [-0.15, -0.1) is 0 Å². The van der Waals surface area contributed by atoms with Gasteiger partial charge in [0.1, 0.15) is 36.9 Å². The number of aliphatic hydroxyl groups is 1. The number of benzene rings is 3. The molecule has 0 spiro atoms. The van der Waals surface area contributed by atoms with Crippen LogP contribution in [0.2, 0.25) is 5.02 Å². The molecule has 1 aliphatic rings. The van der Waals surface area contributed by atoms with Crippen molar-refractivity contribution >= 4 is 39.7 Å². The standard InChI is InChI=1S/C30H27ClFN5O3/c1-2-4-27(37-40-17-23-13-24(38)15-33-23)20-7-9-28-25(12-20)30(35-18-34-28)36-22-8-10-29(26(31)14-22)39-16-19-5-3-6-21(32)11-19/h3,5-12,14,18,23-24,33,38H,13,15-17H2,1H3,(H,34,35,36)/b37-27+/t23-,24-/m0/s1. The van der Waals surface area contributed by atoms with Crippen molar-refractivity contribution in [1.82, 2.24) is 15.3 Å². The smallest absolute Gasteiger partial charge is 0.159 e. The summed E-state index contributed by atoms with van der Waals surface area (Å²) in [6.45, 7) is 2.81. The lowest BCUT2D eigenvalue weighted by molar-refractivity contribution is 0.119. The third-order valence-electron chi connectivity index (χ3n) is 6.26. The van der Waals surface area contributed by atoms with E-state index in [0.29, 0.717) is 53.1 Å². The fourth-order valence-electron chi connectivity index (χ4n) is 4.31. The number of nitrogens with zero attached hydrogens (tertiary/aromatic N) is 3. The Labute approximate surface area is 236 Å². The van der Waals surface area contributed by atoms with Crippen molar-refractivity contribution in [3.63, 3.8) is 0 Å². The highest BCUT2D eigenvalue weighted by Gasteiger charge is 2.22. The molecule has 10 heteroatoms. The maximum atomic E-state index is 13.4. The number of fused-ring (bicyclic) bond motifs is 1. The van der Waals surface area contributed by atoms with Crippen molar-refractivity contribution in [3.05, 3.63) is 89.0 Å². The molecule has 1 aromatic heterocycles. The quantitative estimate of drug-likeness (QED) is 0.147. The van der Waals surface area contributed by atoms with Crippen molar-refractivity contribution in [2.24, 2.45) is 5.16 Å². The van der Waals surface area contributed by atoms with Gasteiger partial charge in [-0.05, 0) is 73.4 Å². The molecule has 0 amide bonds. The van der Waals surface area contributed by atoms with Crippen molar-refractivity contribution < 1.29 is 19.1 Å². The zero-order chi connectivity index (χ0) is 27.9. The molecular formula is C30H27ClFN5O3. The Morgan fingerprint density at radius 1 is 1.20 bits per heavy atom. The van der Waals surface area contributed by atoms with Crippen molar-refractivity contribution in [1.29, 1.82) is 0 Å². The average Bonchev–Trinajstić information content (AvgIpc) is 3.37. The molecule has 1 saturated heterocycles. The Bertz CT molecular complexity index is 1600. The molecule has 2 heterocycles. The summed E-state index contributed by atoms with van der Waals surface area (Å²) in [5.74, 6) is 6.62. The van der Waals surface area contributed by atoms with Crippen LogP contribution in [0.3, 0.4) is 0 Å². The molecule has 3 N–H and O–H groups in total. The molecule has 0 bridgehead atoms. The van der Waals surface area contributed by atoms with E-state index in [9.17, 15) is 9.50 Å². The number of hydrogen-bond donors (Lipinski definition) is 3. The van der Waals surface area contributed by atoms with Crippen LogP contribution in [0.25, 0.3) is 10.9 Å². The molecule has 2 atom stereocenters. The highest BCUT2D eigenvalue weighted by Crippen LogP contribution is 2.31. The predicted molar refractivity (Wildman–Crippen MR) is 153 cm³/mol. The number of halogens is 2. The monoisotopic (exact) mass is 559 g/mol. The van der Waals surface area contributed by atoms with Crippen LogP contribution in [0.1, 0.15) is 24.5 Å². The van der Waals surface area contributed by atoms with Crippen LogP contribution in [-0.4, -0.2) is 46.1 Å². The molecule has 0 radical (unpaired) electrons. The van der Waals surface area contributed by atoms with Gasteiger partial charge < -0.3 is 25.3 Å². The summed E-state index contributed by atoms with van der Waals surface area (Å²) in [4.78, 5) is 14.4. The second kappa shape index (κ2) is 12.7. The van der Waals surface area contributed by atoms with Gasteiger partial charge in [0.25, 0.3) is 0 Å². The highest BCUT2D eigenvalue weighted by molar-refractivity contribution is 6.32. The molecule has 0 unspecified atom stereocenters. The average molecular weight is 560 g/mol. The van der Waals surface area contributed by atoms with Crippen molar-refractivity contribution in [2.45, 2.75) is 32.1 Å². The van der Waals surface area contributed by atoms with E-state index in [4.69, 9.17) is 21.2 Å². The largest absolute Gasteiger partial charge is 0.487 e. The van der Waals surface area contributed by atoms with Crippen LogP contribution in [0, 0.1) is 17.7 Å². The molecular weight excluding hydrogens is 533 g/mol. The first-order valence-corrected chi connectivity index (χ1v) is 13.1.